The molecule has 29 heavy (non-hydrogen) atoms. The molecule has 2 aromatic heterocycles. The maximum atomic E-state index is 14.6. The van der Waals surface area contributed by atoms with E-state index in [-0.39, 0.29) is 29.3 Å². The number of carbonyl (C=O) groups excluding carboxylic acids is 1. The molecule has 3 rings (SSSR count). The van der Waals surface area contributed by atoms with Crippen LogP contribution in [0.15, 0.2) is 24.5 Å². The smallest absolute Gasteiger partial charge is 0.252 e. The van der Waals surface area contributed by atoms with E-state index in [0.717, 1.165) is 43.7 Å². The summed E-state index contributed by atoms with van der Waals surface area (Å²) < 4.78 is 14.6. The number of rotatable bonds is 10. The van der Waals surface area contributed by atoms with Gasteiger partial charge in [-0.1, -0.05) is 19.8 Å². The number of nitrogens with two attached hydrogens (primary N) is 2. The monoisotopic (exact) mass is 400 g/mol. The van der Waals surface area contributed by atoms with Crippen molar-refractivity contribution in [2.75, 3.05) is 10.6 Å². The minimum Gasteiger partial charge on any atom is -0.365 e. The molecule has 0 aromatic carbocycles. The van der Waals surface area contributed by atoms with E-state index in [2.05, 4.69) is 27.5 Å². The van der Waals surface area contributed by atoms with E-state index in [0.29, 0.717) is 11.6 Å². The van der Waals surface area contributed by atoms with Crippen LogP contribution in [-0.2, 0) is 0 Å². The number of amides is 1. The van der Waals surface area contributed by atoms with Crippen molar-refractivity contribution < 1.29 is 9.18 Å². The summed E-state index contributed by atoms with van der Waals surface area (Å²) >= 11 is 0. The molecule has 1 saturated carbocycles. The van der Waals surface area contributed by atoms with Crippen molar-refractivity contribution in [3.8, 4) is 0 Å². The van der Waals surface area contributed by atoms with Crippen molar-refractivity contribution in [1.82, 2.24) is 9.97 Å². The van der Waals surface area contributed by atoms with Crippen LogP contribution in [0.5, 0.6) is 0 Å². The predicted molar refractivity (Wildman–Crippen MR) is 113 cm³/mol. The Balaban J connectivity index is 1.89. The average Bonchev–Trinajstić information content (AvgIpc) is 3.52. The molecule has 0 spiro atoms. The van der Waals surface area contributed by atoms with Crippen LogP contribution in [0, 0.1) is 5.82 Å². The SMILES string of the molecule is CCCC[C@@H](Nc1nc(Nc2cncc(C3CC3)c2)c(C(N)=O)cc1F)[C@H](C)N. The molecular weight excluding hydrogens is 371 g/mol. The minimum atomic E-state index is -0.758. The molecular formula is C21H29FN6O. The molecule has 6 N–H and O–H groups in total. The third kappa shape index (κ3) is 5.41. The van der Waals surface area contributed by atoms with Gasteiger partial charge in [0.25, 0.3) is 5.91 Å². The fraction of sp³-hybridized carbons (Fsp3) is 0.476. The molecule has 0 saturated heterocycles. The Bertz CT molecular complexity index is 868. The van der Waals surface area contributed by atoms with E-state index in [1.54, 1.807) is 6.20 Å². The van der Waals surface area contributed by atoms with E-state index < -0.39 is 11.7 Å². The lowest BCUT2D eigenvalue weighted by Crippen LogP contribution is -2.38. The summed E-state index contributed by atoms with van der Waals surface area (Å²) in [6.45, 7) is 3.96. The van der Waals surface area contributed by atoms with E-state index in [1.165, 1.54) is 0 Å². The van der Waals surface area contributed by atoms with Crippen molar-refractivity contribution in [3.05, 3.63) is 41.5 Å². The number of anilines is 3. The summed E-state index contributed by atoms with van der Waals surface area (Å²) in [6, 6.07) is 2.76. The van der Waals surface area contributed by atoms with Gasteiger partial charge in [0.1, 0.15) is 5.82 Å². The van der Waals surface area contributed by atoms with Crippen LogP contribution in [-0.4, -0.2) is 28.0 Å². The van der Waals surface area contributed by atoms with Crippen LogP contribution < -0.4 is 22.1 Å². The van der Waals surface area contributed by atoms with Gasteiger partial charge in [0.05, 0.1) is 17.4 Å². The summed E-state index contributed by atoms with van der Waals surface area (Å²) in [7, 11) is 0. The van der Waals surface area contributed by atoms with E-state index >= 15 is 0 Å². The number of nitrogens with one attached hydrogen (secondary N) is 2. The van der Waals surface area contributed by atoms with Gasteiger partial charge in [-0.3, -0.25) is 9.78 Å². The number of aromatic nitrogens is 2. The van der Waals surface area contributed by atoms with Crippen LogP contribution >= 0.6 is 0 Å². The van der Waals surface area contributed by atoms with Gasteiger partial charge in [-0.2, -0.15) is 0 Å². The Morgan fingerprint density at radius 3 is 2.69 bits per heavy atom. The van der Waals surface area contributed by atoms with Gasteiger partial charge in [-0.05, 0) is 49.8 Å². The Labute approximate surface area is 170 Å². The third-order valence-corrected chi connectivity index (χ3v) is 5.14. The molecule has 1 fully saturated rings. The number of nitrogens with zero attached hydrogens (tertiary/aromatic N) is 2. The Morgan fingerprint density at radius 2 is 2.07 bits per heavy atom. The first-order valence-electron chi connectivity index (χ1n) is 10.1. The zero-order valence-corrected chi connectivity index (χ0v) is 16.9. The van der Waals surface area contributed by atoms with Gasteiger partial charge in [0, 0.05) is 18.3 Å². The van der Waals surface area contributed by atoms with Gasteiger partial charge < -0.3 is 22.1 Å². The van der Waals surface area contributed by atoms with Crippen LogP contribution in [0.1, 0.15) is 67.8 Å². The van der Waals surface area contributed by atoms with Crippen LogP contribution in [0.2, 0.25) is 0 Å². The Kier molecular flexibility index (Phi) is 6.64. The second kappa shape index (κ2) is 9.17. The standard InChI is InChI=1S/C21H29FN6O/c1-3-4-5-18(12(2)23)27-21-17(22)9-16(19(24)29)20(28-21)26-15-8-14(10-25-11-15)13-6-7-13/h8-13,18H,3-7,23H2,1-2H3,(H2,24,29)(H2,26,27,28)/t12-,18+/m0/s1. The average molecular weight is 401 g/mol. The second-order valence-corrected chi connectivity index (χ2v) is 7.74. The topological polar surface area (TPSA) is 119 Å². The van der Waals surface area contributed by atoms with Crippen molar-refractivity contribution >= 4 is 23.2 Å². The predicted octanol–water partition coefficient (Wildman–Crippen LogP) is 3.65. The van der Waals surface area contributed by atoms with Gasteiger partial charge in [-0.15, -0.1) is 0 Å². The molecule has 2 aromatic rings. The summed E-state index contributed by atoms with van der Waals surface area (Å²) in [4.78, 5) is 20.4. The van der Waals surface area contributed by atoms with E-state index in [9.17, 15) is 9.18 Å². The molecule has 1 aliphatic rings. The maximum Gasteiger partial charge on any atom is 0.252 e. The zero-order chi connectivity index (χ0) is 21.0. The Morgan fingerprint density at radius 1 is 1.31 bits per heavy atom. The normalized spacial score (nSPS) is 15.6. The maximum absolute atomic E-state index is 14.6. The lowest BCUT2D eigenvalue weighted by molar-refractivity contribution is 0.100. The first-order chi connectivity index (χ1) is 13.9. The number of unbranched alkanes of at least 4 members (excludes halogenated alkanes) is 1. The van der Waals surface area contributed by atoms with Crippen LogP contribution in [0.3, 0.4) is 0 Å². The third-order valence-electron chi connectivity index (χ3n) is 5.14. The molecule has 156 valence electrons. The number of halogens is 1. The fourth-order valence-electron chi connectivity index (χ4n) is 3.24. The van der Waals surface area contributed by atoms with E-state index in [1.807, 2.05) is 19.2 Å². The number of primary amides is 1. The Hall–Kier alpha value is -2.74. The summed E-state index contributed by atoms with van der Waals surface area (Å²) in [5.41, 5.74) is 13.3. The largest absolute Gasteiger partial charge is 0.365 e. The molecule has 0 bridgehead atoms. The molecule has 0 unspecified atom stereocenters. The first-order valence-corrected chi connectivity index (χ1v) is 10.1. The molecule has 8 heteroatoms. The summed E-state index contributed by atoms with van der Waals surface area (Å²) in [5, 5.41) is 6.17. The highest BCUT2D eigenvalue weighted by atomic mass is 19.1. The van der Waals surface area contributed by atoms with Crippen LogP contribution in [0.25, 0.3) is 0 Å². The highest BCUT2D eigenvalue weighted by Gasteiger charge is 2.24. The van der Waals surface area contributed by atoms with E-state index in [4.69, 9.17) is 11.5 Å². The van der Waals surface area contributed by atoms with Crippen molar-refractivity contribution in [2.45, 2.75) is 64.0 Å². The van der Waals surface area contributed by atoms with Gasteiger partial charge in [0.15, 0.2) is 11.6 Å². The number of hydrogen-bond acceptors (Lipinski definition) is 6. The molecule has 2 atom stereocenters. The lowest BCUT2D eigenvalue weighted by atomic mass is 10.0. The number of carbonyl (C=O) groups is 1. The lowest BCUT2D eigenvalue weighted by Gasteiger charge is -2.23. The van der Waals surface area contributed by atoms with Gasteiger partial charge >= 0.3 is 0 Å². The number of pyridine rings is 2. The quantitative estimate of drug-likeness (QED) is 0.483. The summed E-state index contributed by atoms with van der Waals surface area (Å²) in [6.07, 6.45) is 8.55. The molecule has 0 aliphatic heterocycles. The second-order valence-electron chi connectivity index (χ2n) is 7.74. The molecule has 1 amide bonds. The van der Waals surface area contributed by atoms with Gasteiger partial charge in [-0.25, -0.2) is 9.37 Å². The molecule has 1 aliphatic carbocycles. The van der Waals surface area contributed by atoms with Crippen molar-refractivity contribution in [1.29, 1.82) is 0 Å². The van der Waals surface area contributed by atoms with Crippen molar-refractivity contribution in [3.63, 3.8) is 0 Å². The highest BCUT2D eigenvalue weighted by Crippen LogP contribution is 2.40. The highest BCUT2D eigenvalue weighted by molar-refractivity contribution is 5.98. The van der Waals surface area contributed by atoms with Crippen molar-refractivity contribution in [2.24, 2.45) is 11.5 Å². The summed E-state index contributed by atoms with van der Waals surface area (Å²) in [5.74, 6) is -0.635. The molecule has 7 nitrogen and oxygen atoms in total. The fourth-order valence-corrected chi connectivity index (χ4v) is 3.24. The molecule has 0 radical (unpaired) electrons. The molecule has 2 heterocycles. The zero-order valence-electron chi connectivity index (χ0n) is 16.9. The number of hydrogen-bond donors (Lipinski definition) is 4. The minimum absolute atomic E-state index is 0.0178. The van der Waals surface area contributed by atoms with Crippen LogP contribution in [0.4, 0.5) is 21.7 Å². The first kappa shape index (κ1) is 21.0. The van der Waals surface area contributed by atoms with Gasteiger partial charge in [0.2, 0.25) is 0 Å².